The Morgan fingerprint density at radius 2 is 1.86 bits per heavy atom. The average molecular weight is 592 g/mol. The summed E-state index contributed by atoms with van der Waals surface area (Å²) < 4.78 is 8.00. The molecule has 3 heterocycles. The number of fused-ring (bicyclic) bond motifs is 1. The molecule has 4 aromatic rings. The fourth-order valence-electron chi connectivity index (χ4n) is 3.24. The Bertz CT molecular complexity index is 1490. The second-order valence-corrected chi connectivity index (χ2v) is 9.21. The van der Waals surface area contributed by atoms with Crippen molar-refractivity contribution < 1.29 is 18.8 Å². The van der Waals surface area contributed by atoms with Crippen molar-refractivity contribution >= 4 is 74.4 Å². The number of nitrogens with one attached hydrogen (secondary N) is 3. The quantitative estimate of drug-likeness (QED) is 0.175. The van der Waals surface area contributed by atoms with Gasteiger partial charge < -0.3 is 15.1 Å². The van der Waals surface area contributed by atoms with Crippen molar-refractivity contribution in [3.05, 3.63) is 86.1 Å². The molecular weight excluding hydrogens is 575 g/mol. The Labute approximate surface area is 222 Å². The minimum absolute atomic E-state index is 0.0430. The first-order chi connectivity index (χ1) is 17.2. The van der Waals surface area contributed by atoms with Gasteiger partial charge in [-0.15, -0.1) is 0 Å². The molecule has 0 spiro atoms. The lowest BCUT2D eigenvalue weighted by molar-refractivity contribution is -0.136. The number of furan rings is 1. The maximum absolute atomic E-state index is 12.6. The van der Waals surface area contributed by atoms with Gasteiger partial charge in [0.25, 0.3) is 5.91 Å². The fraction of sp³-hybridized carbons (Fsp3) is 0.0870. The number of nitrogens with zero attached hydrogens (tertiary/aromatic N) is 3. The number of imidazole rings is 1. The highest BCUT2D eigenvalue weighted by Gasteiger charge is 2.17. The van der Waals surface area contributed by atoms with Gasteiger partial charge in [-0.3, -0.25) is 18.8 Å². The Hall–Kier alpha value is -3.67. The first kappa shape index (κ1) is 25.4. The first-order valence-electron chi connectivity index (χ1n) is 10.3. The van der Waals surface area contributed by atoms with E-state index in [1.165, 1.54) is 24.4 Å². The maximum Gasteiger partial charge on any atom is 0.313 e. The number of rotatable bonds is 6. The summed E-state index contributed by atoms with van der Waals surface area (Å²) in [5, 5.41) is 9.42. The highest BCUT2D eigenvalue weighted by molar-refractivity contribution is 9.10. The van der Waals surface area contributed by atoms with Gasteiger partial charge in [0.1, 0.15) is 22.9 Å². The van der Waals surface area contributed by atoms with E-state index in [0.717, 1.165) is 4.47 Å². The molecular formula is C23H17BrCl2N6O4. The molecule has 13 heteroatoms. The second-order valence-electron chi connectivity index (χ2n) is 7.42. The summed E-state index contributed by atoms with van der Waals surface area (Å²) in [4.78, 5) is 41.1. The smallest absolute Gasteiger partial charge is 0.313 e. The molecule has 0 bridgehead atoms. The third-order valence-electron chi connectivity index (χ3n) is 4.76. The number of hydrazone groups is 1. The zero-order valence-corrected chi connectivity index (χ0v) is 21.6. The Morgan fingerprint density at radius 1 is 1.11 bits per heavy atom. The highest BCUT2D eigenvalue weighted by atomic mass is 79.9. The SMILES string of the molecule is Cc1nc2ccc(Br)cn2c1C(=O)N/N=C/c1ccc(CNC(=O)C(=O)Nc2cc(Cl)cc(Cl)c2)o1. The Morgan fingerprint density at radius 3 is 2.61 bits per heavy atom. The van der Waals surface area contributed by atoms with Crippen LogP contribution >= 0.6 is 39.1 Å². The number of aromatic nitrogens is 2. The summed E-state index contributed by atoms with van der Waals surface area (Å²) in [6.07, 6.45) is 3.05. The van der Waals surface area contributed by atoms with Crippen LogP contribution in [0, 0.1) is 6.92 Å². The minimum atomic E-state index is -0.890. The molecule has 0 aliphatic carbocycles. The molecule has 0 aliphatic heterocycles. The van der Waals surface area contributed by atoms with Gasteiger partial charge in [0.15, 0.2) is 0 Å². The van der Waals surface area contributed by atoms with Crippen LogP contribution < -0.4 is 16.1 Å². The summed E-state index contributed by atoms with van der Waals surface area (Å²) >= 11 is 15.1. The van der Waals surface area contributed by atoms with E-state index in [4.69, 9.17) is 27.6 Å². The molecule has 1 aromatic carbocycles. The average Bonchev–Trinajstić information content (AvgIpc) is 3.39. The lowest BCUT2D eigenvalue weighted by atomic mass is 10.3. The number of halogens is 3. The number of aryl methyl sites for hydroxylation is 1. The number of hydrogen-bond acceptors (Lipinski definition) is 6. The lowest BCUT2D eigenvalue weighted by Gasteiger charge is -2.06. The van der Waals surface area contributed by atoms with Crippen LogP contribution in [-0.4, -0.2) is 33.3 Å². The van der Waals surface area contributed by atoms with Gasteiger partial charge in [-0.2, -0.15) is 5.10 Å². The van der Waals surface area contributed by atoms with Crippen molar-refractivity contribution in [3.8, 4) is 0 Å². The van der Waals surface area contributed by atoms with E-state index in [0.29, 0.717) is 38.6 Å². The number of amides is 3. The number of carbonyl (C=O) groups excluding carboxylic acids is 3. The third-order valence-corrected chi connectivity index (χ3v) is 5.67. The zero-order chi connectivity index (χ0) is 25.8. The van der Waals surface area contributed by atoms with Crippen LogP contribution in [0.3, 0.4) is 0 Å². The summed E-state index contributed by atoms with van der Waals surface area (Å²) in [6, 6.07) is 11.3. The van der Waals surface area contributed by atoms with Gasteiger partial charge in [0, 0.05) is 26.4 Å². The number of anilines is 1. The molecule has 3 N–H and O–H groups in total. The van der Waals surface area contributed by atoms with E-state index in [1.807, 2.05) is 6.07 Å². The van der Waals surface area contributed by atoms with Crippen molar-refractivity contribution in [1.82, 2.24) is 20.1 Å². The van der Waals surface area contributed by atoms with Crippen LogP contribution in [0.1, 0.15) is 27.7 Å². The van der Waals surface area contributed by atoms with E-state index in [1.54, 1.807) is 35.7 Å². The summed E-state index contributed by atoms with van der Waals surface area (Å²) in [5.74, 6) is -1.51. The molecule has 36 heavy (non-hydrogen) atoms. The first-order valence-corrected chi connectivity index (χ1v) is 11.9. The number of carbonyl (C=O) groups is 3. The summed E-state index contributed by atoms with van der Waals surface area (Å²) in [5.41, 5.74) is 4.27. The van der Waals surface area contributed by atoms with Gasteiger partial charge in [-0.1, -0.05) is 23.2 Å². The summed E-state index contributed by atoms with van der Waals surface area (Å²) in [7, 11) is 0. The standard InChI is InChI=1S/C23H17BrCl2N6O4/c1-12-20(32-11-13(24)2-5-19(32)29-12)21(33)31-28-10-18-4-3-17(36-18)9-27-22(34)23(35)30-16-7-14(25)6-15(26)8-16/h2-8,10-11H,9H2,1H3,(H,27,34)(H,30,35)(H,31,33)/b28-10+. The van der Waals surface area contributed by atoms with Gasteiger partial charge in [0.05, 0.1) is 18.5 Å². The molecule has 184 valence electrons. The molecule has 0 radical (unpaired) electrons. The molecule has 0 aliphatic rings. The third kappa shape index (κ3) is 6.11. The minimum Gasteiger partial charge on any atom is -0.458 e. The van der Waals surface area contributed by atoms with Gasteiger partial charge in [-0.25, -0.2) is 10.4 Å². The molecule has 0 saturated heterocycles. The number of benzene rings is 1. The Kier molecular flexibility index (Phi) is 7.73. The largest absolute Gasteiger partial charge is 0.458 e. The normalized spacial score (nSPS) is 11.1. The highest BCUT2D eigenvalue weighted by Crippen LogP contribution is 2.22. The monoisotopic (exact) mass is 590 g/mol. The van der Waals surface area contributed by atoms with Crippen LogP contribution in [0.5, 0.6) is 0 Å². The molecule has 0 saturated carbocycles. The van der Waals surface area contributed by atoms with Crippen LogP contribution in [0.2, 0.25) is 10.0 Å². The van der Waals surface area contributed by atoms with Crippen molar-refractivity contribution in [1.29, 1.82) is 0 Å². The molecule has 0 unspecified atom stereocenters. The second kappa shape index (κ2) is 10.9. The van der Waals surface area contributed by atoms with Crippen molar-refractivity contribution in [2.45, 2.75) is 13.5 Å². The van der Waals surface area contributed by atoms with E-state index < -0.39 is 17.7 Å². The van der Waals surface area contributed by atoms with Crippen molar-refractivity contribution in [3.63, 3.8) is 0 Å². The molecule has 0 fully saturated rings. The summed E-state index contributed by atoms with van der Waals surface area (Å²) in [6.45, 7) is 1.69. The molecule has 10 nitrogen and oxygen atoms in total. The Balaban J connectivity index is 1.30. The topological polar surface area (TPSA) is 130 Å². The van der Waals surface area contributed by atoms with Gasteiger partial charge in [0.2, 0.25) is 0 Å². The van der Waals surface area contributed by atoms with Crippen LogP contribution in [0.4, 0.5) is 5.69 Å². The molecule has 3 aromatic heterocycles. The van der Waals surface area contributed by atoms with Crippen LogP contribution in [-0.2, 0) is 16.1 Å². The van der Waals surface area contributed by atoms with E-state index in [-0.39, 0.29) is 12.2 Å². The van der Waals surface area contributed by atoms with Gasteiger partial charge in [-0.05, 0) is 65.3 Å². The van der Waals surface area contributed by atoms with Crippen molar-refractivity contribution in [2.24, 2.45) is 5.10 Å². The van der Waals surface area contributed by atoms with Crippen LogP contribution in [0.15, 0.2) is 62.7 Å². The van der Waals surface area contributed by atoms with Gasteiger partial charge >= 0.3 is 11.8 Å². The number of pyridine rings is 1. The van der Waals surface area contributed by atoms with E-state index in [2.05, 4.69) is 42.1 Å². The lowest BCUT2D eigenvalue weighted by Crippen LogP contribution is -2.34. The maximum atomic E-state index is 12.6. The molecule has 3 amide bonds. The van der Waals surface area contributed by atoms with Crippen LogP contribution in [0.25, 0.3) is 5.65 Å². The predicted molar refractivity (Wildman–Crippen MR) is 138 cm³/mol. The number of hydrogen-bond donors (Lipinski definition) is 3. The molecule has 0 atom stereocenters. The predicted octanol–water partition coefficient (Wildman–Crippen LogP) is 4.32. The fourth-order valence-corrected chi connectivity index (χ4v) is 4.10. The van der Waals surface area contributed by atoms with Crippen molar-refractivity contribution in [2.75, 3.05) is 5.32 Å². The van der Waals surface area contributed by atoms with E-state index >= 15 is 0 Å². The molecule has 4 rings (SSSR count). The van der Waals surface area contributed by atoms with E-state index in [9.17, 15) is 14.4 Å². The zero-order valence-electron chi connectivity index (χ0n) is 18.5.